The molecule has 0 bridgehead atoms. The molecule has 2 aromatic heterocycles. The van der Waals surface area contributed by atoms with E-state index >= 15 is 0 Å². The van der Waals surface area contributed by atoms with Crippen LogP contribution in [0.4, 0.5) is 4.39 Å². The second-order valence-corrected chi connectivity index (χ2v) is 10.6. The first kappa shape index (κ1) is 27.9. The molecule has 9 heteroatoms. The molecule has 198 valence electrons. The quantitative estimate of drug-likeness (QED) is 0.284. The molecule has 1 atom stereocenters. The highest BCUT2D eigenvalue weighted by Gasteiger charge is 2.24. The second-order valence-electron chi connectivity index (χ2n) is 9.40. The van der Waals surface area contributed by atoms with Crippen LogP contribution in [0.3, 0.4) is 0 Å². The molecule has 7 nitrogen and oxygen atoms in total. The third-order valence-corrected chi connectivity index (χ3v) is 7.26. The molecule has 2 heterocycles. The van der Waals surface area contributed by atoms with Crippen molar-refractivity contribution in [3.8, 4) is 11.1 Å². The van der Waals surface area contributed by atoms with Gasteiger partial charge in [0.25, 0.3) is 5.56 Å². The third kappa shape index (κ3) is 5.50. The molecule has 0 saturated carbocycles. The molecule has 0 radical (unpaired) electrons. The summed E-state index contributed by atoms with van der Waals surface area (Å²) >= 11 is 2.00. The molecule has 0 aliphatic heterocycles. The number of aromatic nitrogens is 1. The van der Waals surface area contributed by atoms with Gasteiger partial charge in [-0.2, -0.15) is 0 Å². The Morgan fingerprint density at radius 2 is 1.89 bits per heavy atom. The number of nitrogens with zero attached hydrogens (tertiary/aromatic N) is 1. The zero-order valence-electron chi connectivity index (χ0n) is 21.2. The summed E-state index contributed by atoms with van der Waals surface area (Å²) in [5.41, 5.74) is 1.91. The minimum absolute atomic E-state index is 0.0243. The fourth-order valence-electron chi connectivity index (χ4n) is 4.69. The molecule has 0 fully saturated rings. The fourth-order valence-corrected chi connectivity index (χ4v) is 5.14. The van der Waals surface area contributed by atoms with Crippen molar-refractivity contribution in [2.24, 2.45) is 0 Å². The van der Waals surface area contributed by atoms with Crippen LogP contribution >= 0.6 is 22.6 Å². The van der Waals surface area contributed by atoms with Gasteiger partial charge in [-0.1, -0.05) is 30.3 Å². The van der Waals surface area contributed by atoms with E-state index < -0.39 is 29.7 Å². The van der Waals surface area contributed by atoms with Crippen molar-refractivity contribution in [3.63, 3.8) is 0 Å². The van der Waals surface area contributed by atoms with E-state index in [0.717, 1.165) is 5.56 Å². The van der Waals surface area contributed by atoms with Crippen molar-refractivity contribution in [2.45, 2.75) is 46.3 Å². The van der Waals surface area contributed by atoms with Gasteiger partial charge in [0.05, 0.1) is 24.6 Å². The Hall–Kier alpha value is -3.15. The van der Waals surface area contributed by atoms with Crippen LogP contribution in [0.15, 0.2) is 56.5 Å². The lowest BCUT2D eigenvalue weighted by atomic mass is 9.93. The van der Waals surface area contributed by atoms with Crippen LogP contribution in [-0.4, -0.2) is 33.3 Å². The van der Waals surface area contributed by atoms with E-state index in [0.29, 0.717) is 31.5 Å². The number of aliphatic hydroxyl groups excluding tert-OH is 2. The van der Waals surface area contributed by atoms with Crippen LogP contribution in [0.2, 0.25) is 0 Å². The molecule has 4 rings (SSSR count). The summed E-state index contributed by atoms with van der Waals surface area (Å²) in [4.78, 5) is 38.7. The van der Waals surface area contributed by atoms with Crippen molar-refractivity contribution in [2.75, 3.05) is 6.61 Å². The van der Waals surface area contributed by atoms with Crippen LogP contribution in [0.5, 0.6) is 0 Å². The zero-order valence-corrected chi connectivity index (χ0v) is 23.3. The highest BCUT2D eigenvalue weighted by Crippen LogP contribution is 2.33. The normalized spacial score (nSPS) is 12.2. The average Bonchev–Trinajstić information content (AvgIpc) is 2.85. The SMILES string of the molecule is CC(=O)Cc1cccc(-c2c(C)n(CC(O)CO)c(=O)c3c(Cc4ccc(I)cc4F)c(C)c(=O)oc23)c1. The summed E-state index contributed by atoms with van der Waals surface area (Å²) < 4.78 is 22.6. The van der Waals surface area contributed by atoms with Crippen LogP contribution in [0.25, 0.3) is 22.1 Å². The lowest BCUT2D eigenvalue weighted by Crippen LogP contribution is -2.32. The Kier molecular flexibility index (Phi) is 8.29. The van der Waals surface area contributed by atoms with Gasteiger partial charge in [-0.3, -0.25) is 9.59 Å². The summed E-state index contributed by atoms with van der Waals surface area (Å²) in [5.74, 6) is -0.484. The predicted octanol–water partition coefficient (Wildman–Crippen LogP) is 4.06. The van der Waals surface area contributed by atoms with Gasteiger partial charge in [0, 0.05) is 33.2 Å². The topological polar surface area (TPSA) is 110 Å². The first-order valence-electron chi connectivity index (χ1n) is 12.0. The third-order valence-electron chi connectivity index (χ3n) is 6.59. The van der Waals surface area contributed by atoms with Crippen molar-refractivity contribution in [3.05, 3.63) is 101 Å². The maximum atomic E-state index is 14.8. The van der Waals surface area contributed by atoms with E-state index in [1.54, 1.807) is 43.3 Å². The first-order chi connectivity index (χ1) is 18.0. The van der Waals surface area contributed by atoms with Crippen LogP contribution < -0.4 is 11.2 Å². The summed E-state index contributed by atoms with van der Waals surface area (Å²) in [6, 6.07) is 11.9. The van der Waals surface area contributed by atoms with Gasteiger partial charge in [0.1, 0.15) is 11.6 Å². The highest BCUT2D eigenvalue weighted by molar-refractivity contribution is 14.1. The minimum atomic E-state index is -1.21. The van der Waals surface area contributed by atoms with E-state index in [1.165, 1.54) is 24.5 Å². The van der Waals surface area contributed by atoms with E-state index in [9.17, 15) is 29.0 Å². The number of rotatable bonds is 8. The standard InChI is InChI=1S/C29H27FINO6/c1-15(34)9-18-5-4-6-20(10-18)25-17(3)32(13-22(35)14-33)28(36)26-23(16(2)29(37)38-27(25)26)11-19-7-8-21(31)12-24(19)30/h4-8,10,12,22,33,35H,9,11,13-14H2,1-3H3. The Morgan fingerprint density at radius 1 is 1.16 bits per heavy atom. The summed E-state index contributed by atoms with van der Waals surface area (Å²) in [6.07, 6.45) is -1.04. The molecule has 2 N–H and O–H groups in total. The minimum Gasteiger partial charge on any atom is -0.422 e. The number of hydrogen-bond donors (Lipinski definition) is 2. The highest BCUT2D eigenvalue weighted by atomic mass is 127. The number of hydrogen-bond acceptors (Lipinski definition) is 6. The summed E-state index contributed by atoms with van der Waals surface area (Å²) in [6.45, 7) is 3.92. The van der Waals surface area contributed by atoms with Gasteiger partial charge in [0.2, 0.25) is 0 Å². The molecule has 0 aliphatic rings. The number of carbonyl (C=O) groups is 1. The molecule has 0 spiro atoms. The number of pyridine rings is 1. The molecular formula is C29H27FINO6. The molecular weight excluding hydrogens is 604 g/mol. The number of fused-ring (bicyclic) bond motifs is 1. The summed E-state index contributed by atoms with van der Waals surface area (Å²) in [5, 5.41) is 19.8. The van der Waals surface area contributed by atoms with Gasteiger partial charge in [-0.15, -0.1) is 0 Å². The lowest BCUT2D eigenvalue weighted by Gasteiger charge is -2.20. The molecule has 38 heavy (non-hydrogen) atoms. The molecule has 0 saturated heterocycles. The van der Waals surface area contributed by atoms with E-state index in [1.807, 2.05) is 22.6 Å². The monoisotopic (exact) mass is 631 g/mol. The first-order valence-corrected chi connectivity index (χ1v) is 13.1. The van der Waals surface area contributed by atoms with Crippen molar-refractivity contribution >= 4 is 39.3 Å². The molecule has 0 aliphatic carbocycles. The Balaban J connectivity index is 2.11. The Labute approximate surface area is 231 Å². The van der Waals surface area contributed by atoms with E-state index in [2.05, 4.69) is 0 Å². The number of Topliss-reactive ketones (excluding diaryl/α,β-unsaturated/α-hetero) is 1. The Morgan fingerprint density at radius 3 is 2.55 bits per heavy atom. The zero-order chi connectivity index (χ0) is 27.7. The molecule has 2 aromatic carbocycles. The van der Waals surface area contributed by atoms with Crippen molar-refractivity contribution in [1.82, 2.24) is 4.57 Å². The van der Waals surface area contributed by atoms with Crippen LogP contribution in [0.1, 0.15) is 34.9 Å². The van der Waals surface area contributed by atoms with Crippen LogP contribution in [0, 0.1) is 23.2 Å². The summed E-state index contributed by atoms with van der Waals surface area (Å²) in [7, 11) is 0. The van der Waals surface area contributed by atoms with E-state index in [-0.39, 0.29) is 41.7 Å². The lowest BCUT2D eigenvalue weighted by molar-refractivity contribution is -0.116. The maximum absolute atomic E-state index is 14.8. The average molecular weight is 631 g/mol. The van der Waals surface area contributed by atoms with Gasteiger partial charge >= 0.3 is 5.63 Å². The number of ketones is 1. The molecule has 0 amide bonds. The van der Waals surface area contributed by atoms with E-state index in [4.69, 9.17) is 4.42 Å². The maximum Gasteiger partial charge on any atom is 0.339 e. The largest absolute Gasteiger partial charge is 0.422 e. The van der Waals surface area contributed by atoms with Gasteiger partial charge < -0.3 is 19.2 Å². The Bertz CT molecular complexity index is 1670. The van der Waals surface area contributed by atoms with Gasteiger partial charge in [-0.25, -0.2) is 9.18 Å². The number of halogens is 2. The van der Waals surface area contributed by atoms with Crippen LogP contribution in [-0.2, 0) is 24.2 Å². The molecule has 1 unspecified atom stereocenters. The predicted molar refractivity (Wildman–Crippen MR) is 151 cm³/mol. The number of carbonyl (C=O) groups excluding carboxylic acids is 1. The van der Waals surface area contributed by atoms with Gasteiger partial charge in [0.15, 0.2) is 5.58 Å². The van der Waals surface area contributed by atoms with Crippen molar-refractivity contribution < 1.29 is 23.8 Å². The molecule has 4 aromatic rings. The fraction of sp³-hybridized carbons (Fsp3) is 0.276. The van der Waals surface area contributed by atoms with Gasteiger partial charge in [-0.05, 0) is 77.7 Å². The van der Waals surface area contributed by atoms with Crippen molar-refractivity contribution in [1.29, 1.82) is 0 Å². The second kappa shape index (κ2) is 11.3. The smallest absolute Gasteiger partial charge is 0.339 e. The number of aliphatic hydroxyl groups is 2. The number of benzene rings is 2.